The fourth-order valence-electron chi connectivity index (χ4n) is 2.38. The maximum atomic E-state index is 12.9. The molecule has 0 aliphatic rings. The van der Waals surface area contributed by atoms with E-state index in [0.717, 1.165) is 0 Å². The molecule has 7 nitrogen and oxygen atoms in total. The van der Waals surface area contributed by atoms with Gasteiger partial charge in [0.25, 0.3) is 0 Å². The topological polar surface area (TPSA) is 87.7 Å². The van der Waals surface area contributed by atoms with Gasteiger partial charge in [-0.15, -0.1) is 0 Å². The molecule has 0 fully saturated rings. The molecule has 0 bridgehead atoms. The molecule has 0 saturated heterocycles. The maximum Gasteiger partial charge on any atom is 0.338 e. The number of benzene rings is 2. The van der Waals surface area contributed by atoms with Crippen molar-refractivity contribution in [1.82, 2.24) is 4.90 Å². The van der Waals surface area contributed by atoms with E-state index in [0.29, 0.717) is 23.5 Å². The Morgan fingerprint density at radius 3 is 1.82 bits per heavy atom. The maximum absolute atomic E-state index is 12.9. The molecule has 2 aromatic rings. The van der Waals surface area contributed by atoms with Crippen LogP contribution in [0, 0.1) is 5.82 Å². The Kier molecular flexibility index (Phi) is 7.65. The Hall–Kier alpha value is -3.26. The number of amides is 2. The minimum atomic E-state index is -0.424. The number of ether oxygens (including phenoxy) is 1. The van der Waals surface area contributed by atoms with E-state index >= 15 is 0 Å². The third-order valence-electron chi connectivity index (χ3n) is 3.63. The van der Waals surface area contributed by atoms with Crippen LogP contribution in [-0.2, 0) is 14.3 Å². The molecule has 28 heavy (non-hydrogen) atoms. The van der Waals surface area contributed by atoms with E-state index in [9.17, 15) is 18.8 Å². The van der Waals surface area contributed by atoms with Crippen LogP contribution in [0.3, 0.4) is 0 Å². The number of nitrogens with one attached hydrogen (secondary N) is 2. The Bertz CT molecular complexity index is 822. The van der Waals surface area contributed by atoms with Crippen LogP contribution in [0.15, 0.2) is 48.5 Å². The average molecular weight is 387 g/mol. The van der Waals surface area contributed by atoms with Gasteiger partial charge < -0.3 is 15.4 Å². The van der Waals surface area contributed by atoms with Gasteiger partial charge in [0.15, 0.2) is 0 Å². The van der Waals surface area contributed by atoms with Crippen LogP contribution in [0.25, 0.3) is 0 Å². The van der Waals surface area contributed by atoms with Crippen molar-refractivity contribution < 1.29 is 23.5 Å². The summed E-state index contributed by atoms with van der Waals surface area (Å²) in [7, 11) is 1.63. The van der Waals surface area contributed by atoms with Gasteiger partial charge in [-0.1, -0.05) is 0 Å². The van der Waals surface area contributed by atoms with Crippen molar-refractivity contribution in [3.05, 3.63) is 59.9 Å². The zero-order valence-corrected chi connectivity index (χ0v) is 15.7. The van der Waals surface area contributed by atoms with Crippen molar-refractivity contribution in [2.75, 3.05) is 37.4 Å². The van der Waals surface area contributed by atoms with Crippen LogP contribution in [-0.4, -0.2) is 49.4 Å². The summed E-state index contributed by atoms with van der Waals surface area (Å²) in [6.45, 7) is 2.00. The summed E-state index contributed by atoms with van der Waals surface area (Å²) < 4.78 is 17.8. The summed E-state index contributed by atoms with van der Waals surface area (Å²) in [6, 6.07) is 11.7. The van der Waals surface area contributed by atoms with E-state index in [1.165, 1.54) is 24.3 Å². The molecular formula is C20H22FN3O4. The SMILES string of the molecule is CCOC(=O)c1ccc(NC(=O)CN(C)CC(=O)Nc2ccc(F)cc2)cc1. The highest BCUT2D eigenvalue weighted by Gasteiger charge is 2.12. The molecule has 0 aromatic heterocycles. The quantitative estimate of drug-likeness (QED) is 0.680. The minimum Gasteiger partial charge on any atom is -0.462 e. The summed E-state index contributed by atoms with van der Waals surface area (Å²) >= 11 is 0. The Balaban J connectivity index is 1.79. The molecule has 2 N–H and O–H groups in total. The lowest BCUT2D eigenvalue weighted by Crippen LogP contribution is -2.36. The van der Waals surface area contributed by atoms with E-state index in [-0.39, 0.29) is 30.7 Å². The van der Waals surface area contributed by atoms with Gasteiger partial charge in [-0.05, 0) is 62.5 Å². The first-order chi connectivity index (χ1) is 13.4. The number of anilines is 2. The van der Waals surface area contributed by atoms with Gasteiger partial charge in [-0.2, -0.15) is 0 Å². The molecule has 2 aromatic carbocycles. The van der Waals surface area contributed by atoms with Crippen LogP contribution in [0.5, 0.6) is 0 Å². The smallest absolute Gasteiger partial charge is 0.338 e. The molecule has 0 atom stereocenters. The molecule has 0 heterocycles. The number of rotatable bonds is 8. The summed E-state index contributed by atoms with van der Waals surface area (Å²) in [5.41, 5.74) is 1.41. The van der Waals surface area contributed by atoms with Gasteiger partial charge in [-0.3, -0.25) is 14.5 Å². The second-order valence-corrected chi connectivity index (χ2v) is 6.07. The number of halogens is 1. The standard InChI is InChI=1S/C20H22FN3O4/c1-3-28-20(27)14-4-8-16(9-5-14)22-18(25)12-24(2)13-19(26)23-17-10-6-15(21)7-11-17/h4-11H,3,12-13H2,1-2H3,(H,22,25)(H,23,26). The number of nitrogens with zero attached hydrogens (tertiary/aromatic N) is 1. The summed E-state index contributed by atoms with van der Waals surface area (Å²) in [4.78, 5) is 37.2. The molecule has 0 aliphatic heterocycles. The number of esters is 1. The van der Waals surface area contributed by atoms with E-state index in [2.05, 4.69) is 10.6 Å². The van der Waals surface area contributed by atoms with Crippen molar-refractivity contribution in [2.24, 2.45) is 0 Å². The summed E-state index contributed by atoms with van der Waals surface area (Å²) in [6.07, 6.45) is 0. The van der Waals surface area contributed by atoms with Gasteiger partial charge in [0.05, 0.1) is 25.3 Å². The number of hydrogen-bond donors (Lipinski definition) is 2. The molecule has 148 valence electrons. The lowest BCUT2D eigenvalue weighted by molar-refractivity contribution is -0.119. The third-order valence-corrected chi connectivity index (χ3v) is 3.63. The van der Waals surface area contributed by atoms with Crippen molar-refractivity contribution in [1.29, 1.82) is 0 Å². The predicted octanol–water partition coefficient (Wildman–Crippen LogP) is 2.51. The number of likely N-dealkylation sites (N-methyl/N-ethyl adjacent to an activating group) is 1. The first-order valence-electron chi connectivity index (χ1n) is 8.68. The van der Waals surface area contributed by atoms with E-state index in [4.69, 9.17) is 4.74 Å². The number of carbonyl (C=O) groups excluding carboxylic acids is 3. The largest absolute Gasteiger partial charge is 0.462 e. The molecule has 2 rings (SSSR count). The highest BCUT2D eigenvalue weighted by Crippen LogP contribution is 2.11. The second-order valence-electron chi connectivity index (χ2n) is 6.07. The van der Waals surface area contributed by atoms with Gasteiger partial charge >= 0.3 is 5.97 Å². The molecule has 0 spiro atoms. The second kappa shape index (κ2) is 10.2. The first kappa shape index (κ1) is 21.0. The Morgan fingerprint density at radius 1 is 0.893 bits per heavy atom. The monoisotopic (exact) mass is 387 g/mol. The van der Waals surface area contributed by atoms with Crippen molar-refractivity contribution in [3.8, 4) is 0 Å². The highest BCUT2D eigenvalue weighted by molar-refractivity contribution is 5.95. The van der Waals surface area contributed by atoms with Crippen molar-refractivity contribution >= 4 is 29.2 Å². The Labute approximate surface area is 162 Å². The van der Waals surface area contributed by atoms with Crippen LogP contribution in [0.4, 0.5) is 15.8 Å². The van der Waals surface area contributed by atoms with E-state index in [1.54, 1.807) is 43.1 Å². The van der Waals surface area contributed by atoms with Crippen molar-refractivity contribution in [2.45, 2.75) is 6.92 Å². The van der Waals surface area contributed by atoms with Gasteiger partial charge in [0.2, 0.25) is 11.8 Å². The molecular weight excluding hydrogens is 365 g/mol. The zero-order chi connectivity index (χ0) is 20.5. The molecule has 8 heteroatoms. The van der Waals surface area contributed by atoms with Crippen LogP contribution in [0.1, 0.15) is 17.3 Å². The molecule has 2 amide bonds. The van der Waals surface area contributed by atoms with E-state index in [1.807, 2.05) is 0 Å². The van der Waals surface area contributed by atoms with Gasteiger partial charge in [0, 0.05) is 11.4 Å². The molecule has 0 saturated carbocycles. The van der Waals surface area contributed by atoms with Crippen molar-refractivity contribution in [3.63, 3.8) is 0 Å². The minimum absolute atomic E-state index is 0.00351. The van der Waals surface area contributed by atoms with Gasteiger partial charge in [0.1, 0.15) is 5.82 Å². The normalized spacial score (nSPS) is 10.4. The fraction of sp³-hybridized carbons (Fsp3) is 0.250. The summed E-state index contributed by atoms with van der Waals surface area (Å²) in [5.74, 6) is -1.43. The highest BCUT2D eigenvalue weighted by atomic mass is 19.1. The lowest BCUT2D eigenvalue weighted by Gasteiger charge is -2.16. The number of hydrogen-bond acceptors (Lipinski definition) is 5. The number of carbonyl (C=O) groups is 3. The first-order valence-corrected chi connectivity index (χ1v) is 8.68. The summed E-state index contributed by atoms with van der Waals surface area (Å²) in [5, 5.41) is 5.32. The third kappa shape index (κ3) is 6.81. The van der Waals surface area contributed by atoms with Crippen LogP contribution in [0.2, 0.25) is 0 Å². The van der Waals surface area contributed by atoms with Crippen LogP contribution < -0.4 is 10.6 Å². The lowest BCUT2D eigenvalue weighted by atomic mass is 10.2. The zero-order valence-electron chi connectivity index (χ0n) is 15.7. The Morgan fingerprint density at radius 2 is 1.36 bits per heavy atom. The predicted molar refractivity (Wildman–Crippen MR) is 104 cm³/mol. The fourth-order valence-corrected chi connectivity index (χ4v) is 2.38. The van der Waals surface area contributed by atoms with Crippen LogP contribution >= 0.6 is 0 Å². The molecule has 0 unspecified atom stereocenters. The average Bonchev–Trinajstić information content (AvgIpc) is 2.64. The molecule has 0 aliphatic carbocycles. The van der Waals surface area contributed by atoms with Gasteiger partial charge in [-0.25, -0.2) is 9.18 Å². The van der Waals surface area contributed by atoms with E-state index < -0.39 is 5.97 Å². The molecule has 0 radical (unpaired) electrons.